The number of methoxy groups -OCH3 is 1. The number of pyridine rings is 1. The van der Waals surface area contributed by atoms with Crippen LogP contribution in [0.2, 0.25) is 0 Å². The van der Waals surface area contributed by atoms with Crippen molar-refractivity contribution in [2.75, 3.05) is 13.7 Å². The molecule has 2 aromatic heterocycles. The van der Waals surface area contributed by atoms with Crippen LogP contribution in [0.4, 0.5) is 0 Å². The third-order valence-electron chi connectivity index (χ3n) is 5.59. The number of carboxylic acid groups (broad SMARTS) is 1. The number of carboxylic acids is 1. The first-order valence-corrected chi connectivity index (χ1v) is 10.4. The fraction of sp³-hybridized carbons (Fsp3) is 0.391. The molecular formula is C23H25N3O6. The van der Waals surface area contributed by atoms with Crippen LogP contribution in [0.1, 0.15) is 48.4 Å². The maximum Gasteiger partial charge on any atom is 0.336 e. The Labute approximate surface area is 184 Å². The zero-order chi connectivity index (χ0) is 23.0. The van der Waals surface area contributed by atoms with Gasteiger partial charge >= 0.3 is 11.9 Å². The molecule has 0 atom stereocenters. The molecule has 32 heavy (non-hydrogen) atoms. The Morgan fingerprint density at radius 2 is 1.97 bits per heavy atom. The van der Waals surface area contributed by atoms with E-state index in [1.807, 2.05) is 13.8 Å². The predicted molar refractivity (Wildman–Crippen MR) is 115 cm³/mol. The molecule has 0 aliphatic heterocycles. The van der Waals surface area contributed by atoms with Crippen LogP contribution in [-0.4, -0.2) is 50.5 Å². The number of benzene rings is 1. The van der Waals surface area contributed by atoms with Gasteiger partial charge in [0.2, 0.25) is 0 Å². The van der Waals surface area contributed by atoms with Crippen molar-refractivity contribution < 1.29 is 29.3 Å². The molecule has 1 aromatic carbocycles. The molecule has 0 amide bonds. The van der Waals surface area contributed by atoms with Gasteiger partial charge in [-0.1, -0.05) is 19.9 Å². The Morgan fingerprint density at radius 1 is 1.22 bits per heavy atom. The number of aromatic nitrogens is 3. The fourth-order valence-corrected chi connectivity index (χ4v) is 3.64. The number of aliphatic hydroxyl groups excluding tert-OH is 1. The summed E-state index contributed by atoms with van der Waals surface area (Å²) >= 11 is 0. The number of esters is 1. The van der Waals surface area contributed by atoms with Crippen molar-refractivity contribution in [1.82, 2.24) is 14.6 Å². The number of aromatic carboxylic acids is 1. The highest BCUT2D eigenvalue weighted by molar-refractivity contribution is 5.90. The minimum atomic E-state index is -1.11. The SMILES string of the molecule is COc1ccc(-c2ccc(C(=O)O)c(CO)c2)n2nc(C3(C(=O)OCC(C)C)CC3)nc12. The smallest absolute Gasteiger partial charge is 0.336 e. The number of hydrogen-bond acceptors (Lipinski definition) is 7. The molecule has 0 radical (unpaired) electrons. The van der Waals surface area contributed by atoms with E-state index in [4.69, 9.17) is 9.47 Å². The zero-order valence-electron chi connectivity index (χ0n) is 18.2. The van der Waals surface area contributed by atoms with Crippen LogP contribution in [-0.2, 0) is 21.6 Å². The van der Waals surface area contributed by atoms with Gasteiger partial charge in [-0.3, -0.25) is 4.79 Å². The number of rotatable bonds is 8. The van der Waals surface area contributed by atoms with E-state index in [-0.39, 0.29) is 23.0 Å². The summed E-state index contributed by atoms with van der Waals surface area (Å²) in [5.41, 5.74) is 1.18. The second-order valence-corrected chi connectivity index (χ2v) is 8.37. The molecule has 9 nitrogen and oxygen atoms in total. The maximum absolute atomic E-state index is 12.8. The number of aliphatic hydroxyl groups is 1. The lowest BCUT2D eigenvalue weighted by Gasteiger charge is -2.12. The number of carbonyl (C=O) groups is 2. The van der Waals surface area contributed by atoms with Crippen molar-refractivity contribution >= 4 is 17.6 Å². The Hall–Kier alpha value is -3.46. The molecule has 1 aliphatic carbocycles. The van der Waals surface area contributed by atoms with Crippen molar-refractivity contribution in [3.8, 4) is 17.0 Å². The Kier molecular flexibility index (Phi) is 5.60. The minimum Gasteiger partial charge on any atom is -0.493 e. The fourth-order valence-electron chi connectivity index (χ4n) is 3.64. The number of carbonyl (C=O) groups excluding carboxylic acids is 1. The van der Waals surface area contributed by atoms with Crippen molar-refractivity contribution in [2.24, 2.45) is 5.92 Å². The van der Waals surface area contributed by atoms with Gasteiger partial charge in [0, 0.05) is 5.56 Å². The van der Waals surface area contributed by atoms with Crippen molar-refractivity contribution in [2.45, 2.75) is 38.7 Å². The van der Waals surface area contributed by atoms with E-state index < -0.39 is 18.0 Å². The van der Waals surface area contributed by atoms with Crippen molar-refractivity contribution in [3.05, 3.63) is 47.3 Å². The lowest BCUT2D eigenvalue weighted by molar-refractivity contribution is -0.148. The number of hydrogen-bond donors (Lipinski definition) is 2. The van der Waals surface area contributed by atoms with Gasteiger partial charge in [0.25, 0.3) is 0 Å². The topological polar surface area (TPSA) is 123 Å². The second kappa shape index (κ2) is 8.23. The summed E-state index contributed by atoms with van der Waals surface area (Å²) in [5, 5.41) is 23.6. The molecule has 9 heteroatoms. The van der Waals surface area contributed by atoms with Gasteiger partial charge in [-0.15, -0.1) is 5.10 Å². The monoisotopic (exact) mass is 439 g/mol. The predicted octanol–water partition coefficient (Wildman–Crippen LogP) is 2.83. The highest BCUT2D eigenvalue weighted by atomic mass is 16.5. The molecule has 0 bridgehead atoms. The van der Waals surface area contributed by atoms with E-state index in [0.29, 0.717) is 47.9 Å². The number of ether oxygens (including phenoxy) is 2. The first-order valence-electron chi connectivity index (χ1n) is 10.4. The molecular weight excluding hydrogens is 414 g/mol. The summed E-state index contributed by atoms with van der Waals surface area (Å²) in [6.07, 6.45) is 1.22. The highest BCUT2D eigenvalue weighted by Gasteiger charge is 2.56. The van der Waals surface area contributed by atoms with E-state index in [0.717, 1.165) is 0 Å². The van der Waals surface area contributed by atoms with Crippen molar-refractivity contribution in [3.63, 3.8) is 0 Å². The summed E-state index contributed by atoms with van der Waals surface area (Å²) in [5.74, 6) is -0.343. The Morgan fingerprint density at radius 3 is 2.56 bits per heavy atom. The number of fused-ring (bicyclic) bond motifs is 1. The van der Waals surface area contributed by atoms with Crippen LogP contribution >= 0.6 is 0 Å². The minimum absolute atomic E-state index is 0.0325. The van der Waals surface area contributed by atoms with Crippen molar-refractivity contribution in [1.29, 1.82) is 0 Å². The first kappa shape index (κ1) is 21.8. The molecule has 1 aliphatic rings. The van der Waals surface area contributed by atoms with E-state index >= 15 is 0 Å². The Balaban J connectivity index is 1.81. The van der Waals surface area contributed by atoms with Crippen LogP contribution in [0, 0.1) is 5.92 Å². The molecule has 168 valence electrons. The number of nitrogens with zero attached hydrogens (tertiary/aromatic N) is 3. The molecule has 2 heterocycles. The van der Waals surface area contributed by atoms with Gasteiger partial charge in [-0.25, -0.2) is 14.3 Å². The average molecular weight is 439 g/mol. The normalized spacial score (nSPS) is 14.5. The van der Waals surface area contributed by atoms with Crippen LogP contribution in [0.15, 0.2) is 30.3 Å². The highest BCUT2D eigenvalue weighted by Crippen LogP contribution is 2.48. The summed E-state index contributed by atoms with van der Waals surface area (Å²) < 4.78 is 12.5. The van der Waals surface area contributed by atoms with Crippen LogP contribution in [0.3, 0.4) is 0 Å². The lowest BCUT2D eigenvalue weighted by atomic mass is 10.0. The molecule has 0 spiro atoms. The standard InChI is InChI=1S/C23H25N3O6/c1-13(2)12-32-22(30)23(8-9-23)21-24-19-18(31-3)7-6-17(26(19)25-21)14-4-5-16(20(28)29)15(10-14)11-27/h4-7,10,13,27H,8-9,11-12H2,1-3H3,(H,28,29). The quantitative estimate of drug-likeness (QED) is 0.514. The summed E-state index contributed by atoms with van der Waals surface area (Å²) in [4.78, 5) is 28.8. The van der Waals surface area contributed by atoms with E-state index in [2.05, 4.69) is 10.1 Å². The largest absolute Gasteiger partial charge is 0.493 e. The van der Waals surface area contributed by atoms with E-state index in [1.165, 1.54) is 13.2 Å². The van der Waals surface area contributed by atoms with Gasteiger partial charge in [-0.2, -0.15) is 0 Å². The molecule has 1 fully saturated rings. The molecule has 4 rings (SSSR count). The molecule has 2 N–H and O–H groups in total. The van der Waals surface area contributed by atoms with Gasteiger partial charge in [0.1, 0.15) is 5.41 Å². The Bertz CT molecular complexity index is 1200. The summed E-state index contributed by atoms with van der Waals surface area (Å²) in [6, 6.07) is 8.22. The second-order valence-electron chi connectivity index (χ2n) is 8.37. The zero-order valence-corrected chi connectivity index (χ0v) is 18.2. The average Bonchev–Trinajstić information content (AvgIpc) is 3.47. The molecule has 0 saturated heterocycles. The van der Waals surface area contributed by atoms with Gasteiger partial charge in [0.15, 0.2) is 17.2 Å². The van der Waals surface area contributed by atoms with Gasteiger partial charge < -0.3 is 19.7 Å². The third kappa shape index (κ3) is 3.69. The third-order valence-corrected chi connectivity index (χ3v) is 5.59. The van der Waals surface area contributed by atoms with Gasteiger partial charge in [0.05, 0.1) is 31.6 Å². The van der Waals surface area contributed by atoms with E-state index in [9.17, 15) is 19.8 Å². The van der Waals surface area contributed by atoms with Crippen LogP contribution in [0.5, 0.6) is 5.75 Å². The lowest BCUT2D eigenvalue weighted by Crippen LogP contribution is -2.26. The first-order chi connectivity index (χ1) is 15.3. The molecule has 3 aromatic rings. The maximum atomic E-state index is 12.8. The molecule has 1 saturated carbocycles. The summed E-state index contributed by atoms with van der Waals surface area (Å²) in [7, 11) is 1.53. The van der Waals surface area contributed by atoms with Crippen LogP contribution < -0.4 is 4.74 Å². The summed E-state index contributed by atoms with van der Waals surface area (Å²) in [6.45, 7) is 3.87. The molecule has 0 unspecified atom stereocenters. The van der Waals surface area contributed by atoms with Gasteiger partial charge in [-0.05, 0) is 48.6 Å². The van der Waals surface area contributed by atoms with E-state index in [1.54, 1.807) is 28.8 Å². The van der Waals surface area contributed by atoms with Crippen LogP contribution in [0.25, 0.3) is 16.9 Å².